The largest absolute Gasteiger partial charge is 0.335 e. The molecule has 3 N–H and O–H groups in total. The van der Waals surface area contributed by atoms with E-state index < -0.39 is 0 Å². The van der Waals surface area contributed by atoms with E-state index in [-0.39, 0.29) is 6.01 Å². The van der Waals surface area contributed by atoms with Crippen LogP contribution in [-0.4, -0.2) is 15.1 Å². The number of nitrogens with two attached hydrogens (primary N) is 1. The van der Waals surface area contributed by atoms with E-state index >= 15 is 0 Å². The van der Waals surface area contributed by atoms with Crippen molar-refractivity contribution in [3.63, 3.8) is 0 Å². The lowest BCUT2D eigenvalue weighted by atomic mass is 10.2. The molecule has 0 saturated heterocycles. The minimum absolute atomic E-state index is 0.171. The van der Waals surface area contributed by atoms with Gasteiger partial charge in [0.2, 0.25) is 5.82 Å². The van der Waals surface area contributed by atoms with Gasteiger partial charge in [-0.25, -0.2) is 5.84 Å². The van der Waals surface area contributed by atoms with Crippen LogP contribution in [0.15, 0.2) is 22.9 Å². The quantitative estimate of drug-likeness (QED) is 0.537. The van der Waals surface area contributed by atoms with Gasteiger partial charge in [-0.2, -0.15) is 4.98 Å². The highest BCUT2D eigenvalue weighted by Gasteiger charge is 2.10. The van der Waals surface area contributed by atoms with Gasteiger partial charge in [-0.3, -0.25) is 10.4 Å². The first-order valence-electron chi connectivity index (χ1n) is 4.03. The summed E-state index contributed by atoms with van der Waals surface area (Å²) in [5.41, 5.74) is 3.94. The highest BCUT2D eigenvalue weighted by molar-refractivity contribution is 5.54. The first-order chi connectivity index (χ1) is 6.81. The summed E-state index contributed by atoms with van der Waals surface area (Å²) in [4.78, 5) is 8.13. The summed E-state index contributed by atoms with van der Waals surface area (Å²) in [6.45, 7) is 1.92. The number of nitrogen functional groups attached to an aromatic ring is 1. The molecule has 2 heterocycles. The minimum Gasteiger partial charge on any atom is -0.314 e. The lowest BCUT2D eigenvalue weighted by Crippen LogP contribution is -2.06. The molecule has 0 atom stereocenters. The van der Waals surface area contributed by atoms with Crippen molar-refractivity contribution in [3.8, 4) is 11.5 Å². The van der Waals surface area contributed by atoms with Crippen molar-refractivity contribution in [3.05, 3.63) is 23.9 Å². The van der Waals surface area contributed by atoms with Crippen LogP contribution in [0.5, 0.6) is 0 Å². The first-order valence-corrected chi connectivity index (χ1v) is 4.03. The third-order valence-electron chi connectivity index (χ3n) is 1.77. The van der Waals surface area contributed by atoms with Crippen LogP contribution in [0.4, 0.5) is 6.01 Å². The number of hydrogen-bond acceptors (Lipinski definition) is 6. The van der Waals surface area contributed by atoms with E-state index in [0.717, 1.165) is 5.56 Å². The molecule has 0 spiro atoms. The number of hydrazine groups is 1. The molecule has 0 unspecified atom stereocenters. The number of nitrogens with zero attached hydrogens (tertiary/aromatic N) is 3. The normalized spacial score (nSPS) is 10.1. The molecule has 0 bridgehead atoms. The SMILES string of the molecule is Cc1cccnc1-c1noc(NN)n1. The van der Waals surface area contributed by atoms with Gasteiger partial charge in [0.15, 0.2) is 0 Å². The predicted octanol–water partition coefficient (Wildman–Crippen LogP) is 0.726. The van der Waals surface area contributed by atoms with Crippen LogP contribution in [0.1, 0.15) is 5.56 Å². The van der Waals surface area contributed by atoms with Gasteiger partial charge >= 0.3 is 6.01 Å². The fourth-order valence-corrected chi connectivity index (χ4v) is 1.10. The fraction of sp³-hybridized carbons (Fsp3) is 0.125. The summed E-state index contributed by atoms with van der Waals surface area (Å²) >= 11 is 0. The second kappa shape index (κ2) is 3.43. The molecule has 0 radical (unpaired) electrons. The lowest BCUT2D eigenvalue weighted by molar-refractivity contribution is 0.432. The summed E-state index contributed by atoms with van der Waals surface area (Å²) in [6, 6.07) is 3.94. The van der Waals surface area contributed by atoms with Gasteiger partial charge in [0.05, 0.1) is 0 Å². The molecular weight excluding hydrogens is 182 g/mol. The molecule has 72 valence electrons. The van der Waals surface area contributed by atoms with E-state index in [1.165, 1.54) is 0 Å². The van der Waals surface area contributed by atoms with Crippen LogP contribution in [0.25, 0.3) is 11.5 Å². The molecule has 0 amide bonds. The van der Waals surface area contributed by atoms with Crippen LogP contribution >= 0.6 is 0 Å². The third kappa shape index (κ3) is 1.42. The van der Waals surface area contributed by atoms with E-state index in [0.29, 0.717) is 11.5 Å². The topological polar surface area (TPSA) is 89.9 Å². The average Bonchev–Trinajstić information content (AvgIpc) is 2.67. The van der Waals surface area contributed by atoms with Crippen molar-refractivity contribution in [2.45, 2.75) is 6.92 Å². The highest BCUT2D eigenvalue weighted by Crippen LogP contribution is 2.17. The van der Waals surface area contributed by atoms with Gasteiger partial charge in [-0.1, -0.05) is 11.2 Å². The number of nitrogens with one attached hydrogen (secondary N) is 1. The van der Waals surface area contributed by atoms with Crippen molar-refractivity contribution in [1.82, 2.24) is 15.1 Å². The van der Waals surface area contributed by atoms with E-state index in [2.05, 4.69) is 20.6 Å². The van der Waals surface area contributed by atoms with Crippen molar-refractivity contribution in [2.75, 3.05) is 5.43 Å². The summed E-state index contributed by atoms with van der Waals surface area (Å²) in [7, 11) is 0. The second-order valence-electron chi connectivity index (χ2n) is 2.74. The molecule has 2 rings (SSSR count). The second-order valence-corrected chi connectivity index (χ2v) is 2.74. The van der Waals surface area contributed by atoms with Gasteiger partial charge in [0.1, 0.15) is 5.69 Å². The van der Waals surface area contributed by atoms with Crippen LogP contribution in [0.2, 0.25) is 0 Å². The van der Waals surface area contributed by atoms with Crippen molar-refractivity contribution in [2.24, 2.45) is 5.84 Å². The summed E-state index contributed by atoms with van der Waals surface area (Å²) in [6.07, 6.45) is 1.67. The fourth-order valence-electron chi connectivity index (χ4n) is 1.10. The van der Waals surface area contributed by atoms with E-state index in [4.69, 9.17) is 10.4 Å². The Morgan fingerprint density at radius 3 is 3.00 bits per heavy atom. The minimum atomic E-state index is 0.171. The van der Waals surface area contributed by atoms with Crippen molar-refractivity contribution < 1.29 is 4.52 Å². The van der Waals surface area contributed by atoms with Crippen molar-refractivity contribution in [1.29, 1.82) is 0 Å². The first kappa shape index (κ1) is 8.64. The maximum atomic E-state index is 5.11. The molecular formula is C8H9N5O. The van der Waals surface area contributed by atoms with Gasteiger partial charge in [-0.15, -0.1) is 0 Å². The van der Waals surface area contributed by atoms with Crippen LogP contribution in [0.3, 0.4) is 0 Å². The smallest absolute Gasteiger partial charge is 0.314 e. The van der Waals surface area contributed by atoms with E-state index in [9.17, 15) is 0 Å². The number of aromatic nitrogens is 3. The highest BCUT2D eigenvalue weighted by atomic mass is 16.5. The zero-order chi connectivity index (χ0) is 9.97. The zero-order valence-electron chi connectivity index (χ0n) is 7.56. The Balaban J connectivity index is 2.44. The van der Waals surface area contributed by atoms with Crippen molar-refractivity contribution >= 4 is 6.01 Å². The lowest BCUT2D eigenvalue weighted by Gasteiger charge is -1.96. The van der Waals surface area contributed by atoms with Gasteiger partial charge in [0, 0.05) is 6.20 Å². The predicted molar refractivity (Wildman–Crippen MR) is 50.1 cm³/mol. The Bertz CT molecular complexity index is 439. The monoisotopic (exact) mass is 191 g/mol. The molecule has 6 nitrogen and oxygen atoms in total. The maximum absolute atomic E-state index is 5.11. The Morgan fingerprint density at radius 1 is 1.50 bits per heavy atom. The Labute approximate surface area is 80.1 Å². The number of rotatable bonds is 2. The molecule has 0 aliphatic heterocycles. The maximum Gasteiger partial charge on any atom is 0.335 e. The van der Waals surface area contributed by atoms with E-state index in [1.54, 1.807) is 6.20 Å². The zero-order valence-corrected chi connectivity index (χ0v) is 7.56. The Kier molecular flexibility index (Phi) is 2.11. The average molecular weight is 191 g/mol. The standard InChI is InChI=1S/C8H9N5O/c1-5-3-2-4-10-6(5)7-11-8(12-9)14-13-7/h2-4H,9H2,1H3,(H,11,12,13). The summed E-state index contributed by atoms with van der Waals surface area (Å²) in [5.74, 6) is 5.54. The molecule has 14 heavy (non-hydrogen) atoms. The van der Waals surface area contributed by atoms with Gasteiger partial charge in [0.25, 0.3) is 0 Å². The van der Waals surface area contributed by atoms with Crippen LogP contribution in [-0.2, 0) is 0 Å². The molecule has 2 aromatic rings. The Morgan fingerprint density at radius 2 is 2.36 bits per heavy atom. The number of hydrogen-bond donors (Lipinski definition) is 2. The number of anilines is 1. The van der Waals surface area contributed by atoms with Gasteiger partial charge < -0.3 is 4.52 Å². The third-order valence-corrected chi connectivity index (χ3v) is 1.77. The molecule has 0 saturated carbocycles. The molecule has 6 heteroatoms. The molecule has 0 aliphatic rings. The molecule has 0 fully saturated rings. The van der Waals surface area contributed by atoms with Crippen LogP contribution < -0.4 is 11.3 Å². The molecule has 0 aliphatic carbocycles. The van der Waals surface area contributed by atoms with E-state index in [1.807, 2.05) is 19.1 Å². The summed E-state index contributed by atoms with van der Waals surface area (Å²) in [5, 5.41) is 3.73. The number of pyridine rings is 1. The number of aryl methyl sites for hydroxylation is 1. The molecule has 0 aromatic carbocycles. The summed E-state index contributed by atoms with van der Waals surface area (Å²) < 4.78 is 4.79. The molecule has 2 aromatic heterocycles. The van der Waals surface area contributed by atoms with Gasteiger partial charge in [-0.05, 0) is 18.6 Å². The Hall–Kier alpha value is -1.95. The van der Waals surface area contributed by atoms with Crippen LogP contribution in [0, 0.1) is 6.92 Å².